The van der Waals surface area contributed by atoms with E-state index in [1.807, 2.05) is 0 Å². The second-order valence-corrected chi connectivity index (χ2v) is 19.6. The Morgan fingerprint density at radius 2 is 1.44 bits per heavy atom. The van der Waals surface area contributed by atoms with Gasteiger partial charge in [-0.15, -0.1) is 0 Å². The molecular formula is C44H69N13O11S2. The van der Waals surface area contributed by atoms with Gasteiger partial charge in [-0.1, -0.05) is 72.2 Å². The van der Waals surface area contributed by atoms with Crippen molar-refractivity contribution in [3.8, 4) is 0 Å². The van der Waals surface area contributed by atoms with E-state index in [4.69, 9.17) is 22.9 Å². The quantitative estimate of drug-likeness (QED) is 0.0589. The number of nitrogens with two attached hydrogens (primary N) is 4. The number of primary amides is 2. The van der Waals surface area contributed by atoms with E-state index in [2.05, 4.69) is 42.5 Å². The summed E-state index contributed by atoms with van der Waals surface area (Å²) in [5.74, 6) is -9.55. The summed E-state index contributed by atoms with van der Waals surface area (Å²) in [6.45, 7) is 5.17. The maximum absolute atomic E-state index is 14.5. The van der Waals surface area contributed by atoms with Gasteiger partial charge in [-0.05, 0) is 57.1 Å². The van der Waals surface area contributed by atoms with E-state index in [-0.39, 0.29) is 63.2 Å². The number of likely N-dealkylation sites (tertiary alicyclic amines) is 1. The van der Waals surface area contributed by atoms with Crippen LogP contribution in [0.3, 0.4) is 0 Å². The Morgan fingerprint density at radius 3 is 2.09 bits per heavy atom. The van der Waals surface area contributed by atoms with Crippen LogP contribution in [-0.4, -0.2) is 156 Å². The zero-order valence-corrected chi connectivity index (χ0v) is 41.4. The van der Waals surface area contributed by atoms with Gasteiger partial charge >= 0.3 is 0 Å². The molecule has 0 radical (unpaired) electrons. The van der Waals surface area contributed by atoms with Gasteiger partial charge in [0.25, 0.3) is 0 Å². The molecule has 9 atom stereocenters. The number of nitrogens with one attached hydrogen (secondary N) is 8. The molecule has 1 aromatic carbocycles. The molecule has 2 fully saturated rings. The van der Waals surface area contributed by atoms with Crippen molar-refractivity contribution in [2.75, 3.05) is 37.7 Å². The molecule has 2 aliphatic heterocycles. The van der Waals surface area contributed by atoms with Crippen molar-refractivity contribution in [3.05, 3.63) is 35.9 Å². The van der Waals surface area contributed by atoms with Gasteiger partial charge in [0.2, 0.25) is 65.0 Å². The van der Waals surface area contributed by atoms with Gasteiger partial charge in [-0.2, -0.15) is 0 Å². The van der Waals surface area contributed by atoms with Gasteiger partial charge in [0.05, 0.1) is 19.0 Å². The number of hydrogen-bond donors (Lipinski definition) is 12. The Morgan fingerprint density at radius 1 is 0.800 bits per heavy atom. The van der Waals surface area contributed by atoms with Crippen LogP contribution in [0.5, 0.6) is 0 Å². The van der Waals surface area contributed by atoms with Gasteiger partial charge in [0, 0.05) is 37.4 Å². The van der Waals surface area contributed by atoms with Gasteiger partial charge in [0.1, 0.15) is 42.3 Å². The predicted octanol–water partition coefficient (Wildman–Crippen LogP) is -3.97. The van der Waals surface area contributed by atoms with E-state index < -0.39 is 132 Å². The van der Waals surface area contributed by atoms with Gasteiger partial charge < -0.3 is 70.4 Å². The van der Waals surface area contributed by atoms with Crippen LogP contribution in [0.1, 0.15) is 77.7 Å². The summed E-state index contributed by atoms with van der Waals surface area (Å²) in [5.41, 5.74) is 23.4. The molecule has 0 unspecified atom stereocenters. The van der Waals surface area contributed by atoms with Gasteiger partial charge in [0.15, 0.2) is 0 Å². The van der Waals surface area contributed by atoms with Crippen molar-refractivity contribution in [2.45, 2.75) is 127 Å². The number of hydrogen-bond acceptors (Lipinski definition) is 15. The Labute approximate surface area is 414 Å². The molecule has 11 amide bonds. The highest BCUT2D eigenvalue weighted by atomic mass is 33.1. The molecule has 2 heterocycles. The number of carbonyl (C=O) groups is 11. The van der Waals surface area contributed by atoms with Crippen LogP contribution in [0.15, 0.2) is 30.3 Å². The molecule has 24 nitrogen and oxygen atoms in total. The first-order valence-corrected chi connectivity index (χ1v) is 25.8. The molecule has 0 bridgehead atoms. The van der Waals surface area contributed by atoms with Crippen molar-refractivity contribution in [1.82, 2.24) is 47.4 Å². The molecule has 26 heteroatoms. The van der Waals surface area contributed by atoms with E-state index >= 15 is 0 Å². The standard InChI is InChI=1S/C44H69N13O11S2/c1-4-24(3)36-43(67)52-28(15-16-35(60)49-5-2)39(63)54-30(20-33(47)58)40(64)55-31(23-70-69-22-26(46)37(61)53-29(41(65)56-36)19-25-11-7-6-8-12-25)44(68)57-18-10-14-32(57)42(66)51-27(13-9-17-45)38(62)50-21-34(48)59/h6-8,11-12,24,26-32,36H,4-5,9-10,13-23,45-46H2,1-3H3,(H2,47,58)(H2,48,59)(H,49,60)(H,50,62)(H,51,66)(H,52,67)(H,53,61)(H,54,63)(H,55,64)(H,56,65)/t24-,26-,27-,28-,29-,30-,31-,32-,36-/m0/s1. The zero-order chi connectivity index (χ0) is 51.9. The number of benzene rings is 1. The van der Waals surface area contributed by atoms with Crippen LogP contribution in [0, 0.1) is 5.92 Å². The van der Waals surface area contributed by atoms with Crippen molar-refractivity contribution < 1.29 is 52.7 Å². The molecule has 0 spiro atoms. The lowest BCUT2D eigenvalue weighted by atomic mass is 9.96. The number of nitrogens with zero attached hydrogens (tertiary/aromatic N) is 1. The maximum Gasteiger partial charge on any atom is 0.246 e. The van der Waals surface area contributed by atoms with Gasteiger partial charge in [-0.25, -0.2) is 0 Å². The van der Waals surface area contributed by atoms with Gasteiger partial charge in [-0.3, -0.25) is 52.7 Å². The molecule has 0 aromatic heterocycles. The third kappa shape index (κ3) is 19.1. The fraction of sp³-hybridized carbons (Fsp3) is 0.614. The predicted molar refractivity (Wildman–Crippen MR) is 261 cm³/mol. The van der Waals surface area contributed by atoms with Crippen molar-refractivity contribution in [1.29, 1.82) is 0 Å². The lowest BCUT2D eigenvalue weighted by Crippen LogP contribution is -2.61. The van der Waals surface area contributed by atoms with Crippen LogP contribution in [0.2, 0.25) is 0 Å². The average Bonchev–Trinajstić information content (AvgIpc) is 3.82. The third-order valence-corrected chi connectivity index (χ3v) is 14.0. The number of rotatable bonds is 19. The van der Waals surface area contributed by atoms with Crippen LogP contribution < -0.4 is 65.5 Å². The molecule has 1 aromatic rings. The summed E-state index contributed by atoms with van der Waals surface area (Å²) in [4.78, 5) is 149. The molecule has 2 aliphatic rings. The minimum absolute atomic E-state index is 0.0105. The van der Waals surface area contributed by atoms with Crippen molar-refractivity contribution >= 4 is 86.6 Å². The number of amides is 11. The van der Waals surface area contributed by atoms with Crippen LogP contribution >= 0.6 is 21.6 Å². The van der Waals surface area contributed by atoms with Crippen LogP contribution in [0.4, 0.5) is 0 Å². The molecule has 3 rings (SSSR count). The van der Waals surface area contributed by atoms with E-state index in [0.717, 1.165) is 21.6 Å². The Kier molecular flexibility index (Phi) is 24.9. The SMILES string of the molecule is CCNC(=O)CC[C@@H]1NC(=O)[C@H]([C@@H](C)CC)NC(=O)[C@H](Cc2ccccc2)NC(=O)[C@@H](N)CSSC[C@@H](C(=O)N2CCC[C@H]2C(=O)N[C@@H](CCCN)C(=O)NCC(N)=O)NC(=O)[C@H](CC(N)=O)NC1=O. The molecule has 388 valence electrons. The minimum atomic E-state index is -1.73. The summed E-state index contributed by atoms with van der Waals surface area (Å²) in [6, 6.07) is -1.86. The largest absolute Gasteiger partial charge is 0.370 e. The van der Waals surface area contributed by atoms with E-state index in [9.17, 15) is 52.7 Å². The first-order valence-electron chi connectivity index (χ1n) is 23.3. The van der Waals surface area contributed by atoms with Crippen LogP contribution in [0.25, 0.3) is 0 Å². The first kappa shape index (κ1) is 58.3. The fourth-order valence-corrected chi connectivity index (χ4v) is 9.77. The maximum atomic E-state index is 14.5. The molecule has 2 saturated heterocycles. The molecule has 70 heavy (non-hydrogen) atoms. The first-order chi connectivity index (χ1) is 33.3. The molecular weight excluding hydrogens is 951 g/mol. The highest BCUT2D eigenvalue weighted by Gasteiger charge is 2.41. The Hall–Kier alpha value is -5.99. The lowest BCUT2D eigenvalue weighted by molar-refractivity contribution is -0.142. The monoisotopic (exact) mass is 1020 g/mol. The lowest BCUT2D eigenvalue weighted by Gasteiger charge is -2.31. The Balaban J connectivity index is 2.06. The second-order valence-electron chi connectivity index (χ2n) is 17.0. The molecule has 0 aliphatic carbocycles. The van der Waals surface area contributed by atoms with Crippen molar-refractivity contribution in [3.63, 3.8) is 0 Å². The van der Waals surface area contributed by atoms with Crippen LogP contribution in [-0.2, 0) is 59.2 Å². The smallest absolute Gasteiger partial charge is 0.246 e. The van der Waals surface area contributed by atoms with E-state index in [1.54, 1.807) is 51.1 Å². The summed E-state index contributed by atoms with van der Waals surface area (Å²) in [6.07, 6.45) is -0.0167. The molecule has 0 saturated carbocycles. The van der Waals surface area contributed by atoms with Crippen molar-refractivity contribution in [2.24, 2.45) is 28.9 Å². The minimum Gasteiger partial charge on any atom is -0.370 e. The number of carbonyl (C=O) groups excluding carboxylic acids is 11. The third-order valence-electron chi connectivity index (χ3n) is 11.5. The summed E-state index contributed by atoms with van der Waals surface area (Å²) in [7, 11) is 2.10. The highest BCUT2D eigenvalue weighted by molar-refractivity contribution is 8.76. The summed E-state index contributed by atoms with van der Waals surface area (Å²) >= 11 is 0. The average molecular weight is 1020 g/mol. The van der Waals surface area contributed by atoms with E-state index in [0.29, 0.717) is 24.8 Å². The fourth-order valence-electron chi connectivity index (χ4n) is 7.49. The normalized spacial score (nSPS) is 24.0. The highest BCUT2D eigenvalue weighted by Crippen LogP contribution is 2.26. The summed E-state index contributed by atoms with van der Waals surface area (Å²) < 4.78 is 0. The van der Waals surface area contributed by atoms with E-state index in [1.165, 1.54) is 4.90 Å². The second kappa shape index (κ2) is 29.9. The Bertz CT molecular complexity index is 2020. The summed E-state index contributed by atoms with van der Waals surface area (Å²) in [5, 5.41) is 20.7. The topological polar surface area (TPSA) is 391 Å². The zero-order valence-electron chi connectivity index (χ0n) is 39.8. The molecule has 16 N–H and O–H groups in total.